The molecule has 2 aliphatic rings. The molecular weight excluding hydrogens is 320 g/mol. The van der Waals surface area contributed by atoms with Crippen LogP contribution in [0, 0.1) is 5.92 Å². The predicted octanol–water partition coefficient (Wildman–Crippen LogP) is 1.70. The predicted molar refractivity (Wildman–Crippen MR) is 90.6 cm³/mol. The summed E-state index contributed by atoms with van der Waals surface area (Å²) < 4.78 is 13.1. The molecule has 3 heterocycles. The van der Waals surface area contributed by atoms with Gasteiger partial charge in [0.15, 0.2) is 11.5 Å². The van der Waals surface area contributed by atoms with Crippen LogP contribution in [-0.4, -0.2) is 52.4 Å². The molecule has 1 aromatic heterocycles. The number of amides is 1. The van der Waals surface area contributed by atoms with Crippen LogP contribution in [0.3, 0.4) is 0 Å². The van der Waals surface area contributed by atoms with Gasteiger partial charge in [0.2, 0.25) is 5.91 Å². The minimum atomic E-state index is -0.144. The fourth-order valence-electron chi connectivity index (χ4n) is 3.75. The molecule has 132 valence electrons. The average molecular weight is 342 g/mol. The van der Waals surface area contributed by atoms with E-state index >= 15 is 0 Å². The van der Waals surface area contributed by atoms with Crippen LogP contribution in [-0.2, 0) is 11.2 Å². The number of carbonyl (C=O) groups is 1. The number of piperidine rings is 1. The number of hydrogen-bond donors (Lipinski definition) is 0. The van der Waals surface area contributed by atoms with E-state index in [-0.39, 0.29) is 17.9 Å². The number of carbonyl (C=O) groups excluding carboxylic acids is 1. The quantitative estimate of drug-likeness (QED) is 0.849. The summed E-state index contributed by atoms with van der Waals surface area (Å²) in [6.07, 6.45) is 5.96. The lowest BCUT2D eigenvalue weighted by Gasteiger charge is -2.36. The average Bonchev–Trinajstić information content (AvgIpc) is 3.21. The van der Waals surface area contributed by atoms with Crippen LogP contribution < -0.4 is 9.47 Å². The SMILES string of the molecule is COc1cccc2c1OCC(C(=O)N1CCCC(n3cncn3)C1)C2. The van der Waals surface area contributed by atoms with Crippen molar-refractivity contribution in [3.63, 3.8) is 0 Å². The maximum absolute atomic E-state index is 13.0. The third kappa shape index (κ3) is 3.06. The maximum atomic E-state index is 13.0. The van der Waals surface area contributed by atoms with Gasteiger partial charge >= 0.3 is 0 Å². The number of methoxy groups -OCH3 is 1. The van der Waals surface area contributed by atoms with Crippen molar-refractivity contribution in [1.82, 2.24) is 19.7 Å². The third-order valence-electron chi connectivity index (χ3n) is 5.04. The first-order chi connectivity index (χ1) is 12.3. The molecule has 2 aliphatic heterocycles. The van der Waals surface area contributed by atoms with Gasteiger partial charge in [-0.2, -0.15) is 5.10 Å². The summed E-state index contributed by atoms with van der Waals surface area (Å²) in [6, 6.07) is 6.03. The number of benzene rings is 1. The van der Waals surface area contributed by atoms with Crippen molar-refractivity contribution in [1.29, 1.82) is 0 Å². The minimum Gasteiger partial charge on any atom is -0.493 e. The summed E-state index contributed by atoms with van der Waals surface area (Å²) in [6.45, 7) is 1.88. The normalized spacial score (nSPS) is 22.8. The first-order valence-corrected chi connectivity index (χ1v) is 8.68. The van der Waals surface area contributed by atoms with E-state index in [0.29, 0.717) is 19.6 Å². The molecule has 4 rings (SSSR count). The van der Waals surface area contributed by atoms with Crippen LogP contribution in [0.1, 0.15) is 24.4 Å². The molecule has 1 saturated heterocycles. The molecule has 1 amide bonds. The third-order valence-corrected chi connectivity index (χ3v) is 5.04. The molecule has 2 atom stereocenters. The van der Waals surface area contributed by atoms with E-state index in [9.17, 15) is 4.79 Å². The van der Waals surface area contributed by atoms with Crippen molar-refractivity contribution < 1.29 is 14.3 Å². The topological polar surface area (TPSA) is 69.5 Å². The Hall–Kier alpha value is -2.57. The molecule has 2 unspecified atom stereocenters. The monoisotopic (exact) mass is 342 g/mol. The number of para-hydroxylation sites is 1. The van der Waals surface area contributed by atoms with Crippen molar-refractivity contribution in [2.24, 2.45) is 5.92 Å². The Bertz CT molecular complexity index is 747. The van der Waals surface area contributed by atoms with Gasteiger partial charge in [0.1, 0.15) is 19.3 Å². The van der Waals surface area contributed by atoms with Crippen molar-refractivity contribution >= 4 is 5.91 Å². The van der Waals surface area contributed by atoms with Crippen molar-refractivity contribution in [2.45, 2.75) is 25.3 Å². The largest absolute Gasteiger partial charge is 0.493 e. The molecule has 2 aromatic rings. The summed E-state index contributed by atoms with van der Waals surface area (Å²) >= 11 is 0. The van der Waals surface area contributed by atoms with Gasteiger partial charge in [-0.3, -0.25) is 4.79 Å². The Morgan fingerprint density at radius 1 is 1.40 bits per heavy atom. The second-order valence-corrected chi connectivity index (χ2v) is 6.62. The second kappa shape index (κ2) is 6.74. The highest BCUT2D eigenvalue weighted by Gasteiger charge is 2.33. The van der Waals surface area contributed by atoms with E-state index < -0.39 is 0 Å². The summed E-state index contributed by atoms with van der Waals surface area (Å²) in [4.78, 5) is 19.0. The highest BCUT2D eigenvalue weighted by atomic mass is 16.5. The lowest BCUT2D eigenvalue weighted by Crippen LogP contribution is -2.46. The van der Waals surface area contributed by atoms with Gasteiger partial charge in [-0.15, -0.1) is 0 Å². The van der Waals surface area contributed by atoms with Crippen LogP contribution in [0.25, 0.3) is 0 Å². The number of likely N-dealkylation sites (tertiary alicyclic amines) is 1. The molecule has 0 radical (unpaired) electrons. The highest BCUT2D eigenvalue weighted by Crippen LogP contribution is 2.36. The Morgan fingerprint density at radius 3 is 3.12 bits per heavy atom. The molecule has 0 saturated carbocycles. The van der Waals surface area contributed by atoms with Crippen LogP contribution in [0.4, 0.5) is 0 Å². The molecule has 0 aliphatic carbocycles. The molecule has 1 aromatic carbocycles. The first kappa shape index (κ1) is 15.9. The van der Waals surface area contributed by atoms with Crippen LogP contribution in [0.2, 0.25) is 0 Å². The van der Waals surface area contributed by atoms with Crippen LogP contribution in [0.5, 0.6) is 11.5 Å². The zero-order valence-electron chi connectivity index (χ0n) is 14.3. The summed E-state index contributed by atoms with van der Waals surface area (Å²) in [5.41, 5.74) is 1.04. The molecule has 1 fully saturated rings. The standard InChI is InChI=1S/C18H22N4O3/c1-24-16-6-2-4-13-8-14(10-25-17(13)16)18(23)21-7-3-5-15(9-21)22-12-19-11-20-22/h2,4,6,11-12,14-15H,3,5,7-10H2,1H3. The zero-order chi connectivity index (χ0) is 17.2. The van der Waals surface area contributed by atoms with E-state index in [4.69, 9.17) is 9.47 Å². The highest BCUT2D eigenvalue weighted by molar-refractivity contribution is 5.80. The fraction of sp³-hybridized carbons (Fsp3) is 0.500. The van der Waals surface area contributed by atoms with Gasteiger partial charge in [0, 0.05) is 13.1 Å². The first-order valence-electron chi connectivity index (χ1n) is 8.68. The zero-order valence-corrected chi connectivity index (χ0v) is 14.3. The van der Waals surface area contributed by atoms with Crippen LogP contribution >= 0.6 is 0 Å². The molecule has 7 heteroatoms. The van der Waals surface area contributed by atoms with E-state index in [1.54, 1.807) is 19.8 Å². The Morgan fingerprint density at radius 2 is 2.32 bits per heavy atom. The molecule has 7 nitrogen and oxygen atoms in total. The second-order valence-electron chi connectivity index (χ2n) is 6.62. The maximum Gasteiger partial charge on any atom is 0.229 e. The Kier molecular flexibility index (Phi) is 4.29. The fourth-order valence-corrected chi connectivity index (χ4v) is 3.75. The molecular formula is C18H22N4O3. The number of nitrogens with zero attached hydrogens (tertiary/aromatic N) is 4. The van der Waals surface area contributed by atoms with Crippen molar-refractivity contribution in [3.05, 3.63) is 36.4 Å². The summed E-state index contributed by atoms with van der Waals surface area (Å²) in [7, 11) is 1.63. The Balaban J connectivity index is 1.46. The molecule has 25 heavy (non-hydrogen) atoms. The smallest absolute Gasteiger partial charge is 0.229 e. The number of rotatable bonds is 3. The van der Waals surface area contributed by atoms with E-state index in [0.717, 1.165) is 36.4 Å². The van der Waals surface area contributed by atoms with Crippen molar-refractivity contribution in [3.8, 4) is 11.5 Å². The van der Waals surface area contributed by atoms with Gasteiger partial charge in [0.05, 0.1) is 19.1 Å². The number of ether oxygens (including phenoxy) is 2. The summed E-state index contributed by atoms with van der Waals surface area (Å²) in [5, 5.41) is 4.22. The van der Waals surface area contributed by atoms with Gasteiger partial charge in [0.25, 0.3) is 0 Å². The van der Waals surface area contributed by atoms with E-state index in [1.165, 1.54) is 0 Å². The molecule has 0 N–H and O–H groups in total. The van der Waals surface area contributed by atoms with Crippen molar-refractivity contribution in [2.75, 3.05) is 26.8 Å². The van der Waals surface area contributed by atoms with Crippen LogP contribution in [0.15, 0.2) is 30.9 Å². The molecule has 0 spiro atoms. The number of fused-ring (bicyclic) bond motifs is 1. The van der Waals surface area contributed by atoms with Gasteiger partial charge in [-0.1, -0.05) is 12.1 Å². The minimum absolute atomic E-state index is 0.144. The van der Waals surface area contributed by atoms with Gasteiger partial charge < -0.3 is 14.4 Å². The number of aromatic nitrogens is 3. The van der Waals surface area contributed by atoms with E-state index in [2.05, 4.69) is 10.1 Å². The number of hydrogen-bond acceptors (Lipinski definition) is 5. The van der Waals surface area contributed by atoms with E-state index in [1.807, 2.05) is 27.8 Å². The summed E-state index contributed by atoms with van der Waals surface area (Å²) in [5.74, 6) is 1.52. The van der Waals surface area contributed by atoms with Gasteiger partial charge in [-0.05, 0) is 30.9 Å². The molecule has 0 bridgehead atoms. The van der Waals surface area contributed by atoms with Gasteiger partial charge in [-0.25, -0.2) is 9.67 Å². The lowest BCUT2D eigenvalue weighted by atomic mass is 9.94. The Labute approximate surface area is 146 Å². The lowest BCUT2D eigenvalue weighted by molar-refractivity contribution is -0.138.